The highest BCUT2D eigenvalue weighted by molar-refractivity contribution is 5.99. The van der Waals surface area contributed by atoms with Crippen molar-refractivity contribution in [1.82, 2.24) is 10.2 Å². The summed E-state index contributed by atoms with van der Waals surface area (Å²) in [7, 11) is 0. The Balaban J connectivity index is 2.35. The SMILES string of the molecule is CCN(C(=O)C(C)NC(=O)OC(C)(C)C)C(C(=O)Nc1ccccc1C)c1cccc(C)c1. The molecule has 2 rings (SSSR count). The second kappa shape index (κ2) is 11.0. The molecule has 0 bridgehead atoms. The van der Waals surface area contributed by atoms with Crippen molar-refractivity contribution in [2.45, 2.75) is 66.2 Å². The van der Waals surface area contributed by atoms with Crippen molar-refractivity contribution in [3.63, 3.8) is 0 Å². The zero-order valence-corrected chi connectivity index (χ0v) is 20.6. The van der Waals surface area contributed by atoms with Crippen LogP contribution in [-0.4, -0.2) is 41.0 Å². The summed E-state index contributed by atoms with van der Waals surface area (Å²) in [5.41, 5.74) is 2.59. The van der Waals surface area contributed by atoms with Gasteiger partial charge in [0.1, 0.15) is 17.7 Å². The Hall–Kier alpha value is -3.35. The van der Waals surface area contributed by atoms with Crippen LogP contribution in [0.5, 0.6) is 0 Å². The van der Waals surface area contributed by atoms with Crippen molar-refractivity contribution in [3.05, 3.63) is 65.2 Å². The first-order valence-corrected chi connectivity index (χ1v) is 11.2. The van der Waals surface area contributed by atoms with E-state index in [1.807, 2.05) is 69.3 Å². The summed E-state index contributed by atoms with van der Waals surface area (Å²) in [6, 6.07) is 13.3. The molecule has 7 heteroatoms. The van der Waals surface area contributed by atoms with Gasteiger partial charge in [-0.1, -0.05) is 48.0 Å². The Labute approximate surface area is 196 Å². The zero-order chi connectivity index (χ0) is 24.8. The molecule has 0 radical (unpaired) electrons. The zero-order valence-electron chi connectivity index (χ0n) is 20.6. The van der Waals surface area contributed by atoms with E-state index in [0.29, 0.717) is 11.3 Å². The molecule has 0 fully saturated rings. The molecule has 0 saturated carbocycles. The Morgan fingerprint density at radius 3 is 2.27 bits per heavy atom. The molecular formula is C26H35N3O4. The molecule has 0 aliphatic rings. The fourth-order valence-electron chi connectivity index (χ4n) is 3.49. The monoisotopic (exact) mass is 453 g/mol. The lowest BCUT2D eigenvalue weighted by atomic mass is 10.0. The first-order chi connectivity index (χ1) is 15.4. The molecule has 2 unspecified atom stereocenters. The molecule has 2 aromatic rings. The maximum atomic E-state index is 13.5. The number of ether oxygens (including phenoxy) is 1. The Morgan fingerprint density at radius 2 is 1.70 bits per heavy atom. The lowest BCUT2D eigenvalue weighted by molar-refractivity contribution is -0.140. The molecule has 2 N–H and O–H groups in total. The number of carbonyl (C=O) groups is 3. The quantitative estimate of drug-likeness (QED) is 0.634. The number of para-hydroxylation sites is 1. The van der Waals surface area contributed by atoms with Crippen molar-refractivity contribution in [3.8, 4) is 0 Å². The van der Waals surface area contributed by atoms with E-state index in [2.05, 4.69) is 10.6 Å². The normalized spacial score (nSPS) is 12.9. The van der Waals surface area contributed by atoms with E-state index < -0.39 is 23.8 Å². The van der Waals surface area contributed by atoms with E-state index in [1.54, 1.807) is 27.7 Å². The predicted octanol–water partition coefficient (Wildman–Crippen LogP) is 4.74. The van der Waals surface area contributed by atoms with Crippen LogP contribution < -0.4 is 10.6 Å². The highest BCUT2D eigenvalue weighted by atomic mass is 16.6. The fourth-order valence-corrected chi connectivity index (χ4v) is 3.49. The summed E-state index contributed by atoms with van der Waals surface area (Å²) in [6.07, 6.45) is -0.684. The number of hydrogen-bond donors (Lipinski definition) is 2. The average Bonchev–Trinajstić information content (AvgIpc) is 2.71. The van der Waals surface area contributed by atoms with Gasteiger partial charge in [0.2, 0.25) is 5.91 Å². The molecular weight excluding hydrogens is 418 g/mol. The van der Waals surface area contributed by atoms with Crippen LogP contribution in [0, 0.1) is 13.8 Å². The van der Waals surface area contributed by atoms with Gasteiger partial charge in [0.25, 0.3) is 5.91 Å². The van der Waals surface area contributed by atoms with Gasteiger partial charge >= 0.3 is 6.09 Å². The smallest absolute Gasteiger partial charge is 0.408 e. The van der Waals surface area contributed by atoms with Gasteiger partial charge in [-0.2, -0.15) is 0 Å². The lowest BCUT2D eigenvalue weighted by Gasteiger charge is -2.33. The molecule has 3 amide bonds. The molecule has 0 aliphatic carbocycles. The molecule has 0 aliphatic heterocycles. The maximum Gasteiger partial charge on any atom is 0.408 e. The highest BCUT2D eigenvalue weighted by Gasteiger charge is 2.34. The number of benzene rings is 2. The molecule has 7 nitrogen and oxygen atoms in total. The number of aryl methyl sites for hydroxylation is 2. The van der Waals surface area contributed by atoms with Crippen molar-refractivity contribution in [2.24, 2.45) is 0 Å². The molecule has 2 aromatic carbocycles. The van der Waals surface area contributed by atoms with Crippen molar-refractivity contribution >= 4 is 23.6 Å². The standard InChI is InChI=1S/C26H35N3O4/c1-8-29(24(31)19(4)27-25(32)33-26(5,6)7)22(20-14-11-12-17(2)16-20)23(30)28-21-15-10-9-13-18(21)3/h9-16,19,22H,8H2,1-7H3,(H,27,32)(H,28,30). The van der Waals surface area contributed by atoms with Crippen LogP contribution >= 0.6 is 0 Å². The number of nitrogens with one attached hydrogen (secondary N) is 2. The van der Waals surface area contributed by atoms with Crippen LogP contribution in [0.25, 0.3) is 0 Å². The summed E-state index contributed by atoms with van der Waals surface area (Å²) in [4.78, 5) is 40.5. The number of likely N-dealkylation sites (N-methyl/N-ethyl adjacent to an activating group) is 1. The molecule has 0 saturated heterocycles. The van der Waals surface area contributed by atoms with Crippen LogP contribution in [0.1, 0.15) is 57.4 Å². The summed E-state index contributed by atoms with van der Waals surface area (Å²) >= 11 is 0. The maximum absolute atomic E-state index is 13.5. The first kappa shape index (κ1) is 25.9. The van der Waals surface area contributed by atoms with E-state index in [1.165, 1.54) is 4.90 Å². The molecule has 178 valence electrons. The van der Waals surface area contributed by atoms with E-state index in [4.69, 9.17) is 4.74 Å². The summed E-state index contributed by atoms with van der Waals surface area (Å²) in [5, 5.41) is 5.55. The van der Waals surface area contributed by atoms with E-state index in [0.717, 1.165) is 11.1 Å². The summed E-state index contributed by atoms with van der Waals surface area (Å²) in [6.45, 7) is 12.8. The number of amides is 3. The van der Waals surface area contributed by atoms with E-state index in [-0.39, 0.29) is 18.4 Å². The number of rotatable bonds is 7. The molecule has 33 heavy (non-hydrogen) atoms. The van der Waals surface area contributed by atoms with Crippen LogP contribution in [0.2, 0.25) is 0 Å². The fraction of sp³-hybridized carbons (Fsp3) is 0.423. The van der Waals surface area contributed by atoms with Crippen molar-refractivity contribution < 1.29 is 19.1 Å². The number of hydrogen-bond acceptors (Lipinski definition) is 4. The minimum atomic E-state index is -0.877. The van der Waals surface area contributed by atoms with Gasteiger partial charge in [-0.3, -0.25) is 9.59 Å². The molecule has 0 heterocycles. The minimum Gasteiger partial charge on any atom is -0.444 e. The predicted molar refractivity (Wildman–Crippen MR) is 130 cm³/mol. The number of nitrogens with zero attached hydrogens (tertiary/aromatic N) is 1. The highest BCUT2D eigenvalue weighted by Crippen LogP contribution is 2.26. The van der Waals surface area contributed by atoms with Gasteiger partial charge in [-0.05, 0) is 65.7 Å². The summed E-state index contributed by atoms with van der Waals surface area (Å²) in [5.74, 6) is -0.704. The van der Waals surface area contributed by atoms with Gasteiger partial charge in [0.15, 0.2) is 0 Å². The largest absolute Gasteiger partial charge is 0.444 e. The second-order valence-electron chi connectivity index (χ2n) is 9.11. The van der Waals surface area contributed by atoms with Crippen molar-refractivity contribution in [1.29, 1.82) is 0 Å². The third-order valence-electron chi connectivity index (χ3n) is 5.05. The Bertz CT molecular complexity index is 997. The van der Waals surface area contributed by atoms with Crippen LogP contribution in [0.3, 0.4) is 0 Å². The molecule has 0 aromatic heterocycles. The van der Waals surface area contributed by atoms with Crippen LogP contribution in [0.4, 0.5) is 10.5 Å². The van der Waals surface area contributed by atoms with E-state index in [9.17, 15) is 14.4 Å². The Morgan fingerprint density at radius 1 is 1.03 bits per heavy atom. The third kappa shape index (κ3) is 7.34. The van der Waals surface area contributed by atoms with Gasteiger partial charge in [0, 0.05) is 12.2 Å². The lowest BCUT2D eigenvalue weighted by Crippen LogP contribution is -2.51. The van der Waals surface area contributed by atoms with Gasteiger partial charge < -0.3 is 20.3 Å². The molecule has 0 spiro atoms. The minimum absolute atomic E-state index is 0.277. The van der Waals surface area contributed by atoms with Gasteiger partial charge in [-0.25, -0.2) is 4.79 Å². The average molecular weight is 454 g/mol. The second-order valence-corrected chi connectivity index (χ2v) is 9.11. The van der Waals surface area contributed by atoms with Crippen molar-refractivity contribution in [2.75, 3.05) is 11.9 Å². The topological polar surface area (TPSA) is 87.7 Å². The van der Waals surface area contributed by atoms with Crippen LogP contribution in [-0.2, 0) is 14.3 Å². The molecule has 2 atom stereocenters. The van der Waals surface area contributed by atoms with Gasteiger partial charge in [0.05, 0.1) is 0 Å². The number of anilines is 1. The first-order valence-electron chi connectivity index (χ1n) is 11.2. The number of carbonyl (C=O) groups excluding carboxylic acids is 3. The van der Waals surface area contributed by atoms with E-state index >= 15 is 0 Å². The van der Waals surface area contributed by atoms with Gasteiger partial charge in [-0.15, -0.1) is 0 Å². The Kier molecular flexibility index (Phi) is 8.63. The summed E-state index contributed by atoms with van der Waals surface area (Å²) < 4.78 is 5.27. The third-order valence-corrected chi connectivity index (χ3v) is 5.05. The van der Waals surface area contributed by atoms with Crippen LogP contribution in [0.15, 0.2) is 48.5 Å². The number of alkyl carbamates (subject to hydrolysis) is 1.